The molecule has 2 amide bonds. The van der Waals surface area contributed by atoms with E-state index in [0.29, 0.717) is 12.1 Å². The van der Waals surface area contributed by atoms with E-state index < -0.39 is 28.5 Å². The molecule has 8 heteroatoms. The molecule has 4 rings (SSSR count). The van der Waals surface area contributed by atoms with Gasteiger partial charge in [0.25, 0.3) is 10.0 Å². The number of aryl methyl sites for hydroxylation is 2. The Bertz CT molecular complexity index is 1400. The summed E-state index contributed by atoms with van der Waals surface area (Å²) in [4.78, 5) is 29.3. The van der Waals surface area contributed by atoms with Crippen molar-refractivity contribution in [2.24, 2.45) is 0 Å². The van der Waals surface area contributed by atoms with Gasteiger partial charge in [-0.1, -0.05) is 86.0 Å². The number of carbonyl (C=O) groups excluding carboxylic acids is 2. The second kappa shape index (κ2) is 13.1. The van der Waals surface area contributed by atoms with Gasteiger partial charge in [-0.15, -0.1) is 0 Å². The van der Waals surface area contributed by atoms with Crippen molar-refractivity contribution in [2.45, 2.75) is 76.4 Å². The number of benzene rings is 3. The van der Waals surface area contributed by atoms with Crippen LogP contribution < -0.4 is 9.62 Å². The number of sulfonamides is 1. The topological polar surface area (TPSA) is 86.8 Å². The summed E-state index contributed by atoms with van der Waals surface area (Å²) in [5.74, 6) is -0.626. The van der Waals surface area contributed by atoms with Gasteiger partial charge in [-0.05, 0) is 62.4 Å². The summed E-state index contributed by atoms with van der Waals surface area (Å²) in [5, 5.41) is 3.14. The number of nitrogens with zero attached hydrogens (tertiary/aromatic N) is 2. The normalized spacial score (nSPS) is 14.5. The molecule has 0 spiro atoms. The summed E-state index contributed by atoms with van der Waals surface area (Å²) in [5.41, 5.74) is 3.04. The molecule has 1 saturated carbocycles. The van der Waals surface area contributed by atoms with Crippen molar-refractivity contribution in [3.8, 4) is 0 Å². The third-order valence-corrected chi connectivity index (χ3v) is 9.29. The van der Waals surface area contributed by atoms with Gasteiger partial charge in [0.15, 0.2) is 0 Å². The van der Waals surface area contributed by atoms with Crippen molar-refractivity contribution in [2.75, 3.05) is 10.8 Å². The Morgan fingerprint density at radius 1 is 0.925 bits per heavy atom. The molecular weight excluding hydrogens is 522 g/mol. The maximum absolute atomic E-state index is 14.2. The molecule has 0 heterocycles. The first-order chi connectivity index (χ1) is 19.2. The minimum absolute atomic E-state index is 0.100. The summed E-state index contributed by atoms with van der Waals surface area (Å²) in [6.45, 7) is 5.43. The lowest BCUT2D eigenvalue weighted by molar-refractivity contribution is -0.140. The average Bonchev–Trinajstić information content (AvgIpc) is 3.46. The average molecular weight is 562 g/mol. The molecule has 3 aromatic carbocycles. The van der Waals surface area contributed by atoms with Crippen LogP contribution in [0, 0.1) is 13.8 Å². The van der Waals surface area contributed by atoms with Crippen molar-refractivity contribution in [3.05, 3.63) is 95.6 Å². The molecule has 7 nitrogen and oxygen atoms in total. The minimum atomic E-state index is -4.08. The number of amides is 2. The zero-order valence-corrected chi connectivity index (χ0v) is 24.4. The molecular formula is C32H39N3O4S. The van der Waals surface area contributed by atoms with E-state index in [-0.39, 0.29) is 23.4 Å². The minimum Gasteiger partial charge on any atom is -0.352 e. The lowest BCUT2D eigenvalue weighted by atomic mass is 10.1. The molecule has 1 N–H and O–H groups in total. The zero-order chi connectivity index (χ0) is 28.7. The van der Waals surface area contributed by atoms with Gasteiger partial charge >= 0.3 is 0 Å². The van der Waals surface area contributed by atoms with Gasteiger partial charge in [-0.3, -0.25) is 13.9 Å². The second-order valence-electron chi connectivity index (χ2n) is 10.5. The Labute approximate surface area is 238 Å². The van der Waals surface area contributed by atoms with Crippen LogP contribution in [-0.4, -0.2) is 43.8 Å². The van der Waals surface area contributed by atoms with Crippen LogP contribution in [0.5, 0.6) is 0 Å². The van der Waals surface area contributed by atoms with Crippen molar-refractivity contribution < 1.29 is 18.0 Å². The van der Waals surface area contributed by atoms with Crippen LogP contribution in [0.1, 0.15) is 55.7 Å². The van der Waals surface area contributed by atoms with E-state index in [1.165, 1.54) is 21.3 Å². The predicted octanol–water partition coefficient (Wildman–Crippen LogP) is 5.36. The third-order valence-electron chi connectivity index (χ3n) is 7.51. The van der Waals surface area contributed by atoms with Gasteiger partial charge in [-0.25, -0.2) is 8.42 Å². The third kappa shape index (κ3) is 6.91. The van der Waals surface area contributed by atoms with Crippen molar-refractivity contribution in [1.29, 1.82) is 0 Å². The van der Waals surface area contributed by atoms with E-state index >= 15 is 0 Å². The largest absolute Gasteiger partial charge is 0.352 e. The molecule has 0 radical (unpaired) electrons. The fourth-order valence-electron chi connectivity index (χ4n) is 5.39. The summed E-state index contributed by atoms with van der Waals surface area (Å²) in [6, 6.07) is 22.5. The van der Waals surface area contributed by atoms with Crippen molar-refractivity contribution in [3.63, 3.8) is 0 Å². The first kappa shape index (κ1) is 29.3. The number of hydrogen-bond acceptors (Lipinski definition) is 4. The maximum atomic E-state index is 14.2. The van der Waals surface area contributed by atoms with E-state index in [1.807, 2.05) is 63.2 Å². The molecule has 0 bridgehead atoms. The molecule has 1 unspecified atom stereocenters. The van der Waals surface area contributed by atoms with E-state index in [0.717, 1.165) is 42.4 Å². The SMILES string of the molecule is CCC(C(=O)NC1CCCC1)N(Cc1ccccc1)C(=O)CN(c1ccc(C)cc1C)S(=O)(=O)c1ccccc1. The molecule has 0 saturated heterocycles. The van der Waals surface area contributed by atoms with E-state index in [4.69, 9.17) is 0 Å². The zero-order valence-electron chi connectivity index (χ0n) is 23.5. The van der Waals surface area contributed by atoms with Gasteiger partial charge in [0.1, 0.15) is 12.6 Å². The summed E-state index contributed by atoms with van der Waals surface area (Å²) in [7, 11) is -4.08. The highest BCUT2D eigenvalue weighted by atomic mass is 32.2. The lowest BCUT2D eigenvalue weighted by Crippen LogP contribution is -2.53. The molecule has 0 aromatic heterocycles. The van der Waals surface area contributed by atoms with Gasteiger partial charge in [0.2, 0.25) is 11.8 Å². The lowest BCUT2D eigenvalue weighted by Gasteiger charge is -2.34. The number of anilines is 1. The Morgan fingerprint density at radius 3 is 2.15 bits per heavy atom. The Balaban J connectivity index is 1.72. The predicted molar refractivity (Wildman–Crippen MR) is 158 cm³/mol. The molecule has 1 aliphatic rings. The molecule has 40 heavy (non-hydrogen) atoms. The molecule has 212 valence electrons. The first-order valence-corrected chi connectivity index (χ1v) is 15.4. The highest BCUT2D eigenvalue weighted by Crippen LogP contribution is 2.28. The van der Waals surface area contributed by atoms with E-state index in [1.54, 1.807) is 24.3 Å². The van der Waals surface area contributed by atoms with Gasteiger partial charge in [0.05, 0.1) is 10.6 Å². The first-order valence-electron chi connectivity index (χ1n) is 14.0. The molecule has 0 aliphatic heterocycles. The number of nitrogens with one attached hydrogen (secondary N) is 1. The number of carbonyl (C=O) groups is 2. The Hall–Kier alpha value is -3.65. The van der Waals surface area contributed by atoms with Crippen molar-refractivity contribution >= 4 is 27.5 Å². The van der Waals surface area contributed by atoms with E-state index in [9.17, 15) is 18.0 Å². The van der Waals surface area contributed by atoms with Gasteiger partial charge in [-0.2, -0.15) is 0 Å². The highest BCUT2D eigenvalue weighted by Gasteiger charge is 2.35. The van der Waals surface area contributed by atoms with Gasteiger partial charge < -0.3 is 10.2 Å². The van der Waals surface area contributed by atoms with Crippen LogP contribution in [0.4, 0.5) is 5.69 Å². The van der Waals surface area contributed by atoms with E-state index in [2.05, 4.69) is 5.32 Å². The molecule has 1 atom stereocenters. The molecule has 1 aliphatic carbocycles. The maximum Gasteiger partial charge on any atom is 0.264 e. The highest BCUT2D eigenvalue weighted by molar-refractivity contribution is 7.92. The molecule has 1 fully saturated rings. The molecule has 3 aromatic rings. The number of hydrogen-bond donors (Lipinski definition) is 1. The Morgan fingerprint density at radius 2 is 1.55 bits per heavy atom. The fourth-order valence-corrected chi connectivity index (χ4v) is 6.89. The van der Waals surface area contributed by atoms with Crippen LogP contribution in [0.25, 0.3) is 0 Å². The second-order valence-corrected chi connectivity index (χ2v) is 12.4. The van der Waals surface area contributed by atoms with Crippen LogP contribution in [0.2, 0.25) is 0 Å². The summed E-state index contributed by atoms with van der Waals surface area (Å²) >= 11 is 0. The summed E-state index contributed by atoms with van der Waals surface area (Å²) in [6.07, 6.45) is 4.44. The fraction of sp³-hybridized carbons (Fsp3) is 0.375. The summed E-state index contributed by atoms with van der Waals surface area (Å²) < 4.78 is 29.1. The van der Waals surface area contributed by atoms with Crippen LogP contribution in [0.15, 0.2) is 83.8 Å². The Kier molecular flexibility index (Phi) is 9.63. The van der Waals surface area contributed by atoms with Gasteiger partial charge in [0, 0.05) is 12.6 Å². The smallest absolute Gasteiger partial charge is 0.264 e. The number of rotatable bonds is 11. The standard InChI is InChI=1S/C32H39N3O4S/c1-4-29(32(37)33-27-15-11-12-16-27)34(22-26-13-7-5-8-14-26)31(36)23-35(30-20-19-24(2)21-25(30)3)40(38,39)28-17-9-6-10-18-28/h5-10,13-14,17-21,27,29H,4,11-12,15-16,22-23H2,1-3H3,(H,33,37). The van der Waals surface area contributed by atoms with Crippen molar-refractivity contribution in [1.82, 2.24) is 10.2 Å². The van der Waals surface area contributed by atoms with Crippen LogP contribution in [0.3, 0.4) is 0 Å². The monoisotopic (exact) mass is 561 g/mol. The van der Waals surface area contributed by atoms with Crippen LogP contribution >= 0.6 is 0 Å². The quantitative estimate of drug-likeness (QED) is 0.341. The van der Waals surface area contributed by atoms with Crippen LogP contribution in [-0.2, 0) is 26.2 Å².